The SMILES string of the molecule is CC(=O)Nc1ccc(NCc2ccccc2OCc2c(Cl)cccc2Cl)cc1. The topological polar surface area (TPSA) is 50.4 Å². The quantitative estimate of drug-likeness (QED) is 0.487. The molecule has 6 heteroatoms. The lowest BCUT2D eigenvalue weighted by Gasteiger charge is -2.14. The Bertz CT molecular complexity index is 939. The van der Waals surface area contributed by atoms with Gasteiger partial charge < -0.3 is 15.4 Å². The average Bonchev–Trinajstić information content (AvgIpc) is 2.67. The summed E-state index contributed by atoms with van der Waals surface area (Å²) in [6, 6.07) is 20.7. The van der Waals surface area contributed by atoms with Crippen molar-refractivity contribution < 1.29 is 9.53 Å². The van der Waals surface area contributed by atoms with Crippen molar-refractivity contribution in [1.82, 2.24) is 0 Å². The Balaban J connectivity index is 1.64. The van der Waals surface area contributed by atoms with Crippen molar-refractivity contribution in [1.29, 1.82) is 0 Å². The van der Waals surface area contributed by atoms with E-state index in [9.17, 15) is 4.79 Å². The first-order chi connectivity index (χ1) is 13.5. The molecule has 0 aliphatic carbocycles. The van der Waals surface area contributed by atoms with Gasteiger partial charge in [-0.25, -0.2) is 0 Å². The third-order valence-electron chi connectivity index (χ3n) is 4.09. The third-order valence-corrected chi connectivity index (χ3v) is 4.80. The average molecular weight is 415 g/mol. The van der Waals surface area contributed by atoms with E-state index >= 15 is 0 Å². The number of rotatable bonds is 7. The van der Waals surface area contributed by atoms with Gasteiger partial charge in [-0.3, -0.25) is 4.79 Å². The first kappa shape index (κ1) is 20.1. The number of hydrogen-bond donors (Lipinski definition) is 2. The van der Waals surface area contributed by atoms with Crippen LogP contribution in [0.15, 0.2) is 66.7 Å². The van der Waals surface area contributed by atoms with Crippen molar-refractivity contribution >= 4 is 40.5 Å². The van der Waals surface area contributed by atoms with Crippen molar-refractivity contribution in [2.24, 2.45) is 0 Å². The van der Waals surface area contributed by atoms with Gasteiger partial charge in [0.2, 0.25) is 5.91 Å². The molecule has 4 nitrogen and oxygen atoms in total. The lowest BCUT2D eigenvalue weighted by atomic mass is 10.2. The summed E-state index contributed by atoms with van der Waals surface area (Å²) in [5, 5.41) is 7.28. The third kappa shape index (κ3) is 5.41. The highest BCUT2D eigenvalue weighted by atomic mass is 35.5. The highest BCUT2D eigenvalue weighted by molar-refractivity contribution is 6.35. The molecule has 0 unspecified atom stereocenters. The number of benzene rings is 3. The lowest BCUT2D eigenvalue weighted by molar-refractivity contribution is -0.114. The summed E-state index contributed by atoms with van der Waals surface area (Å²) in [6.45, 7) is 2.37. The Labute approximate surface area is 174 Å². The summed E-state index contributed by atoms with van der Waals surface area (Å²) in [5.74, 6) is 0.672. The van der Waals surface area contributed by atoms with Crippen LogP contribution in [0.4, 0.5) is 11.4 Å². The van der Waals surface area contributed by atoms with Gasteiger partial charge in [0.05, 0.1) is 0 Å². The first-order valence-electron chi connectivity index (χ1n) is 8.78. The largest absolute Gasteiger partial charge is 0.488 e. The van der Waals surface area contributed by atoms with Crippen LogP contribution >= 0.6 is 23.2 Å². The number of carbonyl (C=O) groups is 1. The highest BCUT2D eigenvalue weighted by Crippen LogP contribution is 2.27. The van der Waals surface area contributed by atoms with Gasteiger partial charge in [-0.15, -0.1) is 0 Å². The number of hydrogen-bond acceptors (Lipinski definition) is 3. The minimum absolute atomic E-state index is 0.0922. The molecule has 0 aliphatic rings. The number of para-hydroxylation sites is 1. The summed E-state index contributed by atoms with van der Waals surface area (Å²) in [4.78, 5) is 11.1. The van der Waals surface area contributed by atoms with Gasteiger partial charge in [-0.1, -0.05) is 47.5 Å². The molecule has 0 aliphatic heterocycles. The zero-order valence-electron chi connectivity index (χ0n) is 15.3. The molecule has 28 heavy (non-hydrogen) atoms. The zero-order valence-corrected chi connectivity index (χ0v) is 16.8. The van der Waals surface area contributed by atoms with E-state index in [-0.39, 0.29) is 5.91 Å². The van der Waals surface area contributed by atoms with Crippen LogP contribution in [0.2, 0.25) is 10.0 Å². The molecule has 2 N–H and O–H groups in total. The van der Waals surface area contributed by atoms with E-state index in [2.05, 4.69) is 10.6 Å². The maximum Gasteiger partial charge on any atom is 0.221 e. The second kappa shape index (κ2) is 9.49. The highest BCUT2D eigenvalue weighted by Gasteiger charge is 2.09. The molecule has 0 bridgehead atoms. The van der Waals surface area contributed by atoms with E-state index in [0.717, 1.165) is 28.3 Å². The molecule has 0 spiro atoms. The molecule has 3 aromatic carbocycles. The summed E-state index contributed by atoms with van der Waals surface area (Å²) in [7, 11) is 0. The fraction of sp³-hybridized carbons (Fsp3) is 0.136. The number of amides is 1. The van der Waals surface area contributed by atoms with Crippen molar-refractivity contribution in [2.45, 2.75) is 20.1 Å². The van der Waals surface area contributed by atoms with Crippen LogP contribution in [0.3, 0.4) is 0 Å². The molecule has 3 rings (SSSR count). The standard InChI is InChI=1S/C22H20Cl2N2O2/c1-15(27)26-18-11-9-17(10-12-18)25-13-16-5-2-3-8-22(16)28-14-19-20(23)6-4-7-21(19)24/h2-12,25H,13-14H2,1H3,(H,26,27). The summed E-state index contributed by atoms with van der Waals surface area (Å²) in [6.07, 6.45) is 0. The van der Waals surface area contributed by atoms with Crippen LogP contribution in [-0.4, -0.2) is 5.91 Å². The fourth-order valence-electron chi connectivity index (χ4n) is 2.68. The predicted molar refractivity (Wildman–Crippen MR) is 115 cm³/mol. The number of nitrogens with one attached hydrogen (secondary N) is 2. The lowest BCUT2D eigenvalue weighted by Crippen LogP contribution is -2.06. The molecule has 0 saturated heterocycles. The van der Waals surface area contributed by atoms with Gasteiger partial charge in [-0.2, -0.15) is 0 Å². The van der Waals surface area contributed by atoms with E-state index in [1.165, 1.54) is 6.92 Å². The van der Waals surface area contributed by atoms with E-state index in [1.54, 1.807) is 12.1 Å². The Kier molecular flexibility index (Phi) is 6.80. The normalized spacial score (nSPS) is 10.4. The molecule has 0 radical (unpaired) electrons. The second-order valence-corrected chi connectivity index (χ2v) is 7.02. The number of ether oxygens (including phenoxy) is 1. The molecular formula is C22H20Cl2N2O2. The minimum atomic E-state index is -0.0922. The van der Waals surface area contributed by atoms with E-state index in [1.807, 2.05) is 54.6 Å². The maximum absolute atomic E-state index is 11.1. The van der Waals surface area contributed by atoms with Gasteiger partial charge in [0.15, 0.2) is 0 Å². The molecule has 3 aromatic rings. The molecule has 0 heterocycles. The zero-order chi connectivity index (χ0) is 19.9. The Morgan fingerprint density at radius 2 is 1.54 bits per heavy atom. The molecule has 0 aromatic heterocycles. The molecule has 0 saturated carbocycles. The van der Waals surface area contributed by atoms with E-state index in [4.69, 9.17) is 27.9 Å². The van der Waals surface area contributed by atoms with E-state index in [0.29, 0.717) is 23.2 Å². The Morgan fingerprint density at radius 3 is 2.21 bits per heavy atom. The fourth-order valence-corrected chi connectivity index (χ4v) is 3.19. The first-order valence-corrected chi connectivity index (χ1v) is 9.53. The summed E-state index contributed by atoms with van der Waals surface area (Å²) >= 11 is 12.4. The van der Waals surface area contributed by atoms with Gasteiger partial charge in [0.25, 0.3) is 0 Å². The van der Waals surface area contributed by atoms with E-state index < -0.39 is 0 Å². The van der Waals surface area contributed by atoms with Crippen LogP contribution in [0, 0.1) is 0 Å². The van der Waals surface area contributed by atoms with Crippen LogP contribution in [-0.2, 0) is 17.9 Å². The number of halogens is 2. The van der Waals surface area contributed by atoms with Crippen LogP contribution < -0.4 is 15.4 Å². The molecule has 0 atom stereocenters. The second-order valence-electron chi connectivity index (χ2n) is 6.21. The molecule has 144 valence electrons. The number of carbonyl (C=O) groups excluding carboxylic acids is 1. The van der Waals surface area contributed by atoms with Crippen molar-refractivity contribution in [3.63, 3.8) is 0 Å². The van der Waals surface area contributed by atoms with Crippen molar-refractivity contribution in [3.8, 4) is 5.75 Å². The van der Waals surface area contributed by atoms with Gasteiger partial charge >= 0.3 is 0 Å². The van der Waals surface area contributed by atoms with Crippen molar-refractivity contribution in [3.05, 3.63) is 87.9 Å². The van der Waals surface area contributed by atoms with Crippen LogP contribution in [0.5, 0.6) is 5.75 Å². The predicted octanol–water partition coefficient (Wildman–Crippen LogP) is 6.14. The minimum Gasteiger partial charge on any atom is -0.488 e. The monoisotopic (exact) mass is 414 g/mol. The molecular weight excluding hydrogens is 395 g/mol. The van der Waals surface area contributed by atoms with Crippen LogP contribution in [0.25, 0.3) is 0 Å². The van der Waals surface area contributed by atoms with Gasteiger partial charge in [0.1, 0.15) is 12.4 Å². The summed E-state index contributed by atoms with van der Waals surface area (Å²) in [5.41, 5.74) is 3.48. The Hall–Kier alpha value is -2.69. The number of anilines is 2. The molecule has 0 fully saturated rings. The van der Waals surface area contributed by atoms with Gasteiger partial charge in [0, 0.05) is 46.0 Å². The molecule has 1 amide bonds. The maximum atomic E-state index is 11.1. The van der Waals surface area contributed by atoms with Gasteiger partial charge in [-0.05, 0) is 42.5 Å². The smallest absolute Gasteiger partial charge is 0.221 e. The Morgan fingerprint density at radius 1 is 0.893 bits per heavy atom. The summed E-state index contributed by atoms with van der Waals surface area (Å²) < 4.78 is 5.98. The van der Waals surface area contributed by atoms with Crippen LogP contribution in [0.1, 0.15) is 18.1 Å². The van der Waals surface area contributed by atoms with Crippen molar-refractivity contribution in [2.75, 3.05) is 10.6 Å².